The molecule has 2 aromatic carbocycles. The lowest BCUT2D eigenvalue weighted by Gasteiger charge is -2.29. The van der Waals surface area contributed by atoms with Crippen molar-refractivity contribution in [3.05, 3.63) is 65.2 Å². The molecular formula is C22H27N3S. The minimum atomic E-state index is 0.488. The lowest BCUT2D eigenvalue weighted by Crippen LogP contribution is -2.37. The summed E-state index contributed by atoms with van der Waals surface area (Å²) >= 11 is 1.84. The molecule has 1 aliphatic rings. The smallest absolute Gasteiger partial charge is 0.108 e. The number of benzene rings is 2. The minimum absolute atomic E-state index is 0.488. The van der Waals surface area contributed by atoms with Crippen molar-refractivity contribution >= 4 is 21.6 Å². The second-order valence-corrected chi connectivity index (χ2v) is 8.28. The van der Waals surface area contributed by atoms with Crippen molar-refractivity contribution < 1.29 is 0 Å². The Balaban J connectivity index is 1.42. The highest BCUT2D eigenvalue weighted by atomic mass is 32.1. The van der Waals surface area contributed by atoms with Gasteiger partial charge in [0.05, 0.1) is 16.8 Å². The van der Waals surface area contributed by atoms with Gasteiger partial charge in [-0.05, 0) is 37.6 Å². The molecule has 1 saturated heterocycles. The molecule has 26 heavy (non-hydrogen) atoms. The number of para-hydroxylation sites is 1. The van der Waals surface area contributed by atoms with Gasteiger partial charge in [0.1, 0.15) is 5.01 Å². The van der Waals surface area contributed by atoms with Crippen molar-refractivity contribution in [1.82, 2.24) is 14.8 Å². The van der Waals surface area contributed by atoms with Crippen molar-refractivity contribution in [3.8, 4) is 0 Å². The van der Waals surface area contributed by atoms with Crippen LogP contribution in [0.25, 0.3) is 10.2 Å². The van der Waals surface area contributed by atoms with Crippen molar-refractivity contribution in [2.45, 2.75) is 38.9 Å². The lowest BCUT2D eigenvalue weighted by atomic mass is 10.1. The molecular weight excluding hydrogens is 338 g/mol. The van der Waals surface area contributed by atoms with Crippen molar-refractivity contribution in [2.75, 3.05) is 19.6 Å². The van der Waals surface area contributed by atoms with E-state index in [1.54, 1.807) is 0 Å². The van der Waals surface area contributed by atoms with Crippen molar-refractivity contribution in [1.29, 1.82) is 0 Å². The Kier molecular flexibility index (Phi) is 5.34. The Morgan fingerprint density at radius 2 is 1.92 bits per heavy atom. The summed E-state index contributed by atoms with van der Waals surface area (Å²) in [6.07, 6.45) is 1.25. The molecule has 136 valence electrons. The summed E-state index contributed by atoms with van der Waals surface area (Å²) in [7, 11) is 0. The predicted octanol–water partition coefficient (Wildman–Crippen LogP) is 4.95. The lowest BCUT2D eigenvalue weighted by molar-refractivity contribution is 0.180. The van der Waals surface area contributed by atoms with E-state index in [0.29, 0.717) is 12.1 Å². The first kappa shape index (κ1) is 17.7. The van der Waals surface area contributed by atoms with Crippen LogP contribution in [0.2, 0.25) is 0 Å². The number of rotatable bonds is 6. The molecule has 3 aromatic rings. The fourth-order valence-corrected chi connectivity index (χ4v) is 5.01. The summed E-state index contributed by atoms with van der Waals surface area (Å²) in [4.78, 5) is 10.1. The van der Waals surface area contributed by atoms with Crippen molar-refractivity contribution in [2.24, 2.45) is 0 Å². The molecule has 1 aromatic heterocycles. The normalized spacial score (nSPS) is 19.4. The van der Waals surface area contributed by atoms with E-state index in [2.05, 4.69) is 78.2 Å². The van der Waals surface area contributed by atoms with Gasteiger partial charge in [-0.25, -0.2) is 4.98 Å². The predicted molar refractivity (Wildman–Crippen MR) is 111 cm³/mol. The third-order valence-corrected chi connectivity index (χ3v) is 6.64. The number of fused-ring (bicyclic) bond motifs is 1. The van der Waals surface area contributed by atoms with Gasteiger partial charge in [-0.3, -0.25) is 9.80 Å². The summed E-state index contributed by atoms with van der Waals surface area (Å²) in [5.74, 6) is 0. The number of aromatic nitrogens is 1. The first-order valence-corrected chi connectivity index (χ1v) is 10.4. The summed E-state index contributed by atoms with van der Waals surface area (Å²) < 4.78 is 1.30. The standard InChI is InChI=1S/C22H27N3S/c1-3-24(16-22-23-20-11-7-8-12-21(20)26-22)19-13-14-25(15-19)17(2)18-9-5-4-6-10-18/h4-12,17,19H,3,13-16H2,1-2H3/t17-,19-/m1/s1. The number of hydrogen-bond donors (Lipinski definition) is 0. The van der Waals surface area contributed by atoms with Crippen LogP contribution >= 0.6 is 11.3 Å². The average Bonchev–Trinajstić information content (AvgIpc) is 3.33. The fourth-order valence-electron chi connectivity index (χ4n) is 4.02. The van der Waals surface area contributed by atoms with Crippen LogP contribution in [0.3, 0.4) is 0 Å². The number of hydrogen-bond acceptors (Lipinski definition) is 4. The van der Waals surface area contributed by atoms with Gasteiger partial charge in [0.2, 0.25) is 0 Å². The third kappa shape index (κ3) is 3.68. The third-order valence-electron chi connectivity index (χ3n) is 5.62. The molecule has 1 fully saturated rings. The Morgan fingerprint density at radius 3 is 2.69 bits per heavy atom. The molecule has 0 unspecified atom stereocenters. The second-order valence-electron chi connectivity index (χ2n) is 7.16. The molecule has 3 nitrogen and oxygen atoms in total. The topological polar surface area (TPSA) is 19.4 Å². The van der Waals surface area contributed by atoms with E-state index in [9.17, 15) is 0 Å². The summed E-state index contributed by atoms with van der Waals surface area (Å²) in [6, 6.07) is 20.4. The van der Waals surface area contributed by atoms with Crippen LogP contribution in [-0.2, 0) is 6.54 Å². The molecule has 1 aliphatic heterocycles. The molecule has 4 rings (SSSR count). The summed E-state index contributed by atoms with van der Waals surface area (Å²) in [6.45, 7) is 8.98. The van der Waals surface area contributed by atoms with E-state index >= 15 is 0 Å². The fraction of sp³-hybridized carbons (Fsp3) is 0.409. The summed E-state index contributed by atoms with van der Waals surface area (Å²) in [5, 5.41) is 1.24. The average molecular weight is 366 g/mol. The van der Waals surface area contributed by atoms with Gasteiger partial charge in [-0.1, -0.05) is 49.4 Å². The zero-order valence-electron chi connectivity index (χ0n) is 15.6. The highest BCUT2D eigenvalue weighted by Gasteiger charge is 2.30. The van der Waals surface area contributed by atoms with E-state index in [0.717, 1.165) is 25.2 Å². The van der Waals surface area contributed by atoms with Crippen LogP contribution in [0, 0.1) is 0 Å². The highest BCUT2D eigenvalue weighted by molar-refractivity contribution is 7.18. The van der Waals surface area contributed by atoms with Gasteiger partial charge in [0, 0.05) is 25.2 Å². The van der Waals surface area contributed by atoms with Crippen LogP contribution < -0.4 is 0 Å². The van der Waals surface area contributed by atoms with Gasteiger partial charge in [0.25, 0.3) is 0 Å². The molecule has 0 aliphatic carbocycles. The van der Waals surface area contributed by atoms with Crippen LogP contribution in [0.15, 0.2) is 54.6 Å². The van der Waals surface area contributed by atoms with Gasteiger partial charge in [0.15, 0.2) is 0 Å². The largest absolute Gasteiger partial charge is 0.295 e. The molecule has 0 saturated carbocycles. The first-order valence-electron chi connectivity index (χ1n) is 9.62. The molecule has 0 radical (unpaired) electrons. The minimum Gasteiger partial charge on any atom is -0.295 e. The van der Waals surface area contributed by atoms with Crippen LogP contribution in [0.1, 0.15) is 36.9 Å². The SMILES string of the molecule is CCN(Cc1nc2ccccc2s1)[C@@H]1CCN([C@H](C)c2ccccc2)C1. The highest BCUT2D eigenvalue weighted by Crippen LogP contribution is 2.28. The van der Waals surface area contributed by atoms with Gasteiger partial charge >= 0.3 is 0 Å². The Hall–Kier alpha value is -1.75. The number of likely N-dealkylation sites (tertiary alicyclic amines) is 1. The molecule has 2 heterocycles. The molecule has 4 heteroatoms. The first-order chi connectivity index (χ1) is 12.7. The zero-order chi connectivity index (χ0) is 17.9. The van der Waals surface area contributed by atoms with Gasteiger partial charge in [-0.15, -0.1) is 11.3 Å². The maximum Gasteiger partial charge on any atom is 0.108 e. The number of thiazole rings is 1. The van der Waals surface area contributed by atoms with E-state index in [-0.39, 0.29) is 0 Å². The molecule has 0 N–H and O–H groups in total. The quantitative estimate of drug-likeness (QED) is 0.616. The van der Waals surface area contributed by atoms with Crippen molar-refractivity contribution in [3.63, 3.8) is 0 Å². The van der Waals surface area contributed by atoms with Crippen LogP contribution in [-0.4, -0.2) is 40.5 Å². The molecule has 0 spiro atoms. The number of nitrogens with zero attached hydrogens (tertiary/aromatic N) is 3. The summed E-state index contributed by atoms with van der Waals surface area (Å²) in [5.41, 5.74) is 2.55. The Bertz CT molecular complexity index is 812. The van der Waals surface area contributed by atoms with Crippen LogP contribution in [0.4, 0.5) is 0 Å². The zero-order valence-corrected chi connectivity index (χ0v) is 16.5. The van der Waals surface area contributed by atoms with E-state index < -0.39 is 0 Å². The Labute approximate surface area is 160 Å². The monoisotopic (exact) mass is 365 g/mol. The second kappa shape index (κ2) is 7.87. The van der Waals surface area contributed by atoms with Gasteiger partial charge < -0.3 is 0 Å². The van der Waals surface area contributed by atoms with Crippen LogP contribution in [0.5, 0.6) is 0 Å². The van der Waals surface area contributed by atoms with E-state index in [1.807, 2.05) is 11.3 Å². The van der Waals surface area contributed by atoms with E-state index in [4.69, 9.17) is 4.98 Å². The maximum absolute atomic E-state index is 4.84. The maximum atomic E-state index is 4.84. The molecule has 0 bridgehead atoms. The number of likely N-dealkylation sites (N-methyl/N-ethyl adjacent to an activating group) is 1. The van der Waals surface area contributed by atoms with E-state index in [1.165, 1.54) is 28.2 Å². The molecule has 0 amide bonds. The Morgan fingerprint density at radius 1 is 1.15 bits per heavy atom. The molecule has 2 atom stereocenters. The van der Waals surface area contributed by atoms with Gasteiger partial charge in [-0.2, -0.15) is 0 Å².